The summed E-state index contributed by atoms with van der Waals surface area (Å²) in [4.78, 5) is 48.8. The third-order valence-electron chi connectivity index (χ3n) is 5.33. The predicted octanol–water partition coefficient (Wildman–Crippen LogP) is -0.470. The van der Waals surface area contributed by atoms with Gasteiger partial charge in [0.2, 0.25) is 21.7 Å². The lowest BCUT2D eigenvalue weighted by Gasteiger charge is -2.30. The van der Waals surface area contributed by atoms with Gasteiger partial charge in [0, 0.05) is 37.3 Å². The summed E-state index contributed by atoms with van der Waals surface area (Å²) in [7, 11) is 3.79. The van der Waals surface area contributed by atoms with Crippen molar-refractivity contribution in [1.29, 1.82) is 0 Å². The molecular weight excluding hydrogens is 360 g/mol. The summed E-state index contributed by atoms with van der Waals surface area (Å²) in [6.07, 6.45) is 0.716. The minimum absolute atomic E-state index is 0.392. The molecule has 0 aromatic heterocycles. The summed E-state index contributed by atoms with van der Waals surface area (Å²) < 4.78 is 0. The average Bonchev–Trinajstić information content (AvgIpc) is 2.67. The van der Waals surface area contributed by atoms with Gasteiger partial charge in [-0.1, -0.05) is 13.8 Å². The molecule has 0 radical (unpaired) electrons. The van der Waals surface area contributed by atoms with E-state index in [1.165, 1.54) is 0 Å². The van der Waals surface area contributed by atoms with Crippen molar-refractivity contribution in [1.82, 2.24) is 10.2 Å². The Balaban J connectivity index is 1.86. The molecule has 0 fully saturated rings. The summed E-state index contributed by atoms with van der Waals surface area (Å²) >= 11 is 0. The summed E-state index contributed by atoms with van der Waals surface area (Å²) in [5, 5.41) is 9.09. The number of hydrogen-bond donors (Lipinski definition) is 3. The fourth-order valence-corrected chi connectivity index (χ4v) is 3.32. The van der Waals surface area contributed by atoms with Gasteiger partial charge in [-0.25, -0.2) is 0 Å². The van der Waals surface area contributed by atoms with Crippen molar-refractivity contribution in [2.75, 3.05) is 57.5 Å². The highest BCUT2D eigenvalue weighted by atomic mass is 16.2. The van der Waals surface area contributed by atoms with Crippen molar-refractivity contribution in [3.8, 4) is 0 Å². The second-order valence-corrected chi connectivity index (χ2v) is 7.96. The van der Waals surface area contributed by atoms with E-state index in [-0.39, 0.29) is 0 Å². The van der Waals surface area contributed by atoms with Gasteiger partial charge in [0.1, 0.15) is 0 Å². The molecule has 0 amide bonds. The molecule has 0 aliphatic carbocycles. The summed E-state index contributed by atoms with van der Waals surface area (Å²) in [6, 6.07) is 0. The van der Waals surface area contributed by atoms with Crippen LogP contribution in [0.5, 0.6) is 0 Å². The van der Waals surface area contributed by atoms with Crippen molar-refractivity contribution in [2.24, 2.45) is 0 Å². The lowest BCUT2D eigenvalue weighted by molar-refractivity contribution is 0.302. The quantitative estimate of drug-likeness (QED) is 0.330. The van der Waals surface area contributed by atoms with Gasteiger partial charge in [0.25, 0.3) is 0 Å². The minimum atomic E-state index is -0.445. The molecule has 0 unspecified atom stereocenters. The second-order valence-electron chi connectivity index (χ2n) is 7.96. The van der Waals surface area contributed by atoms with Gasteiger partial charge in [-0.05, 0) is 39.4 Å². The SMILES string of the molecule is CNCCNc1c(C(C)(C)CCN(C)CCNc2c(C)c(=O)c2=O)c(=O)c1=O. The maximum Gasteiger partial charge on any atom is 0.249 e. The van der Waals surface area contributed by atoms with Gasteiger partial charge >= 0.3 is 0 Å². The molecule has 2 aromatic rings. The highest BCUT2D eigenvalue weighted by Gasteiger charge is 2.33. The Hall–Kier alpha value is -2.32. The Morgan fingerprint density at radius 1 is 0.821 bits per heavy atom. The van der Waals surface area contributed by atoms with Crippen LogP contribution < -0.4 is 37.7 Å². The first-order valence-corrected chi connectivity index (χ1v) is 9.56. The number of nitrogens with one attached hydrogen (secondary N) is 3. The Labute approximate surface area is 164 Å². The predicted molar refractivity (Wildman–Crippen MR) is 113 cm³/mol. The lowest BCUT2D eigenvalue weighted by Crippen LogP contribution is -2.46. The normalized spacial score (nSPS) is 12.2. The van der Waals surface area contributed by atoms with E-state index in [2.05, 4.69) is 20.9 Å². The second kappa shape index (κ2) is 8.79. The van der Waals surface area contributed by atoms with Crippen LogP contribution in [0.3, 0.4) is 0 Å². The average molecular weight is 390 g/mol. The van der Waals surface area contributed by atoms with Gasteiger partial charge in [0.15, 0.2) is 0 Å². The smallest absolute Gasteiger partial charge is 0.249 e. The Kier molecular flexibility index (Phi) is 6.90. The number of rotatable bonds is 12. The molecule has 0 saturated carbocycles. The van der Waals surface area contributed by atoms with Crippen LogP contribution in [0.15, 0.2) is 19.2 Å². The van der Waals surface area contributed by atoms with Crippen molar-refractivity contribution in [3.63, 3.8) is 0 Å². The molecule has 8 nitrogen and oxygen atoms in total. The minimum Gasteiger partial charge on any atom is -0.380 e. The zero-order chi connectivity index (χ0) is 21.1. The molecule has 3 N–H and O–H groups in total. The zero-order valence-corrected chi connectivity index (χ0v) is 17.3. The molecule has 28 heavy (non-hydrogen) atoms. The third-order valence-corrected chi connectivity index (χ3v) is 5.33. The molecule has 0 aliphatic heterocycles. The molecule has 0 saturated heterocycles. The van der Waals surface area contributed by atoms with Gasteiger partial charge in [0.05, 0.1) is 11.4 Å². The van der Waals surface area contributed by atoms with Crippen LogP contribution in [0.4, 0.5) is 11.4 Å². The van der Waals surface area contributed by atoms with Gasteiger partial charge < -0.3 is 20.9 Å². The van der Waals surface area contributed by atoms with Crippen LogP contribution in [0.2, 0.25) is 0 Å². The standard InChI is InChI=1S/C20H30N4O4/c1-12-14(18(27)16(12)25)23-9-11-24(5)10-6-20(2,3)13-15(19(28)17(13)26)22-8-7-21-4/h21-23H,6-11H2,1-5H3. The zero-order valence-electron chi connectivity index (χ0n) is 17.3. The number of anilines is 2. The molecule has 0 aliphatic rings. The largest absolute Gasteiger partial charge is 0.380 e. The van der Waals surface area contributed by atoms with E-state index in [0.29, 0.717) is 55.1 Å². The van der Waals surface area contributed by atoms with E-state index in [0.717, 1.165) is 6.54 Å². The Morgan fingerprint density at radius 3 is 2.04 bits per heavy atom. The van der Waals surface area contributed by atoms with Crippen LogP contribution in [0.1, 0.15) is 31.4 Å². The fourth-order valence-electron chi connectivity index (χ4n) is 3.32. The highest BCUT2D eigenvalue weighted by Crippen LogP contribution is 2.29. The molecular formula is C20H30N4O4. The van der Waals surface area contributed by atoms with E-state index >= 15 is 0 Å². The van der Waals surface area contributed by atoms with Crippen LogP contribution >= 0.6 is 0 Å². The summed E-state index contributed by atoms with van der Waals surface area (Å²) in [5.41, 5.74) is -0.151. The molecule has 0 atom stereocenters. The van der Waals surface area contributed by atoms with Gasteiger partial charge in [-0.2, -0.15) is 0 Å². The summed E-state index contributed by atoms with van der Waals surface area (Å²) in [5.74, 6) is 0. The van der Waals surface area contributed by atoms with Crippen molar-refractivity contribution < 1.29 is 0 Å². The highest BCUT2D eigenvalue weighted by molar-refractivity contribution is 5.59. The number of likely N-dealkylation sites (N-methyl/N-ethyl adjacent to an activating group) is 2. The number of hydrogen-bond acceptors (Lipinski definition) is 8. The first-order valence-electron chi connectivity index (χ1n) is 9.56. The molecule has 0 heterocycles. The van der Waals surface area contributed by atoms with E-state index < -0.39 is 27.1 Å². The van der Waals surface area contributed by atoms with Crippen LogP contribution in [-0.2, 0) is 5.41 Å². The lowest BCUT2D eigenvalue weighted by atomic mass is 9.77. The van der Waals surface area contributed by atoms with Gasteiger partial charge in [-0.15, -0.1) is 0 Å². The van der Waals surface area contributed by atoms with Crippen LogP contribution in [0, 0.1) is 6.92 Å². The molecule has 2 aromatic carbocycles. The maximum atomic E-state index is 12.1. The number of nitrogens with zero attached hydrogens (tertiary/aromatic N) is 1. The van der Waals surface area contributed by atoms with E-state index in [9.17, 15) is 19.2 Å². The third kappa shape index (κ3) is 4.39. The monoisotopic (exact) mass is 390 g/mol. The molecule has 0 spiro atoms. The molecule has 0 bridgehead atoms. The Morgan fingerprint density at radius 2 is 1.43 bits per heavy atom. The summed E-state index contributed by atoms with van der Waals surface area (Å²) in [6.45, 7) is 8.87. The van der Waals surface area contributed by atoms with E-state index in [1.807, 2.05) is 27.9 Å². The first kappa shape index (κ1) is 22.0. The van der Waals surface area contributed by atoms with Crippen molar-refractivity contribution in [3.05, 3.63) is 52.0 Å². The molecule has 154 valence electrons. The van der Waals surface area contributed by atoms with Crippen LogP contribution in [0.25, 0.3) is 0 Å². The molecule has 2 rings (SSSR count). The molecule has 8 heteroatoms. The fraction of sp³-hybridized carbons (Fsp3) is 0.600. The Bertz CT molecular complexity index is 962. The topological polar surface area (TPSA) is 108 Å². The van der Waals surface area contributed by atoms with Crippen LogP contribution in [-0.4, -0.2) is 51.7 Å². The van der Waals surface area contributed by atoms with Crippen molar-refractivity contribution in [2.45, 2.75) is 32.6 Å². The van der Waals surface area contributed by atoms with E-state index in [1.54, 1.807) is 6.92 Å². The van der Waals surface area contributed by atoms with Crippen molar-refractivity contribution >= 4 is 11.4 Å². The first-order chi connectivity index (χ1) is 13.1. The maximum absolute atomic E-state index is 12.1. The van der Waals surface area contributed by atoms with Gasteiger partial charge in [-0.3, -0.25) is 19.2 Å². The van der Waals surface area contributed by atoms with E-state index in [4.69, 9.17) is 0 Å².